The molecule has 0 aliphatic rings. The van der Waals surface area contributed by atoms with E-state index in [4.69, 9.17) is 16.3 Å². The molecule has 4 heteroatoms. The maximum Gasteiger partial charge on any atom is 0.119 e. The Morgan fingerprint density at radius 1 is 1.62 bits per heavy atom. The Hall–Kier alpha value is -0.0900. The molecule has 0 saturated heterocycles. The van der Waals surface area contributed by atoms with E-state index < -0.39 is 5.60 Å². The molecule has 0 saturated carbocycles. The molecule has 0 aromatic carbocycles. The van der Waals surface area contributed by atoms with Crippen LogP contribution in [-0.2, 0) is 10.3 Å². The highest BCUT2D eigenvalue weighted by atomic mass is 35.5. The second-order valence-electron chi connectivity index (χ2n) is 3.01. The van der Waals surface area contributed by atoms with Gasteiger partial charge < -0.3 is 9.84 Å². The van der Waals surface area contributed by atoms with Crippen LogP contribution in [0.2, 0.25) is 4.34 Å². The summed E-state index contributed by atoms with van der Waals surface area (Å²) >= 11 is 7.15. The molecule has 0 radical (unpaired) electrons. The minimum Gasteiger partial charge on any atom is -0.382 e. The molecule has 1 unspecified atom stereocenters. The van der Waals surface area contributed by atoms with Crippen LogP contribution >= 0.6 is 22.9 Å². The lowest BCUT2D eigenvalue weighted by Gasteiger charge is -2.21. The lowest BCUT2D eigenvalue weighted by atomic mass is 10.1. The van der Waals surface area contributed by atoms with Gasteiger partial charge in [-0.25, -0.2) is 0 Å². The van der Waals surface area contributed by atoms with Crippen molar-refractivity contribution in [2.45, 2.75) is 19.4 Å². The van der Waals surface area contributed by atoms with Gasteiger partial charge in [0.2, 0.25) is 0 Å². The van der Waals surface area contributed by atoms with Crippen molar-refractivity contribution in [3.05, 3.63) is 21.3 Å². The lowest BCUT2D eigenvalue weighted by molar-refractivity contribution is -0.0318. The molecule has 0 spiro atoms. The van der Waals surface area contributed by atoms with Crippen LogP contribution in [0.15, 0.2) is 12.1 Å². The Bertz CT molecular complexity index is 270. The number of aliphatic hydroxyl groups is 1. The predicted octanol–water partition coefficient (Wildman–Crippen LogP) is 2.65. The van der Waals surface area contributed by atoms with Crippen LogP contribution in [0.25, 0.3) is 0 Å². The molecule has 0 amide bonds. The number of halogens is 1. The van der Waals surface area contributed by atoms with Crippen LogP contribution in [0.3, 0.4) is 0 Å². The van der Waals surface area contributed by atoms with Gasteiger partial charge in [-0.2, -0.15) is 0 Å². The maximum absolute atomic E-state index is 9.96. The number of ether oxygens (including phenoxy) is 1. The van der Waals surface area contributed by atoms with Gasteiger partial charge in [-0.15, -0.1) is 11.3 Å². The summed E-state index contributed by atoms with van der Waals surface area (Å²) in [5, 5.41) is 9.96. The Morgan fingerprint density at radius 3 is 2.77 bits per heavy atom. The van der Waals surface area contributed by atoms with E-state index in [0.717, 1.165) is 4.88 Å². The van der Waals surface area contributed by atoms with E-state index in [9.17, 15) is 5.11 Å². The molecule has 2 nitrogen and oxygen atoms in total. The summed E-state index contributed by atoms with van der Waals surface area (Å²) in [7, 11) is 0. The molecular weight excluding hydrogens is 208 g/mol. The monoisotopic (exact) mass is 220 g/mol. The van der Waals surface area contributed by atoms with Crippen molar-refractivity contribution in [2.24, 2.45) is 0 Å². The highest BCUT2D eigenvalue weighted by Crippen LogP contribution is 2.30. The van der Waals surface area contributed by atoms with Crippen molar-refractivity contribution >= 4 is 22.9 Å². The third-order valence-electron chi connectivity index (χ3n) is 1.69. The summed E-state index contributed by atoms with van der Waals surface area (Å²) < 4.78 is 5.86. The lowest BCUT2D eigenvalue weighted by Crippen LogP contribution is -2.26. The largest absolute Gasteiger partial charge is 0.382 e. The zero-order valence-electron chi connectivity index (χ0n) is 7.71. The SMILES string of the molecule is CCOCC(C)(O)c1ccc(Cl)s1. The van der Waals surface area contributed by atoms with Crippen LogP contribution in [0.4, 0.5) is 0 Å². The van der Waals surface area contributed by atoms with Crippen molar-refractivity contribution in [3.63, 3.8) is 0 Å². The van der Waals surface area contributed by atoms with Crippen molar-refractivity contribution in [3.8, 4) is 0 Å². The van der Waals surface area contributed by atoms with Crippen molar-refractivity contribution in [1.29, 1.82) is 0 Å². The Morgan fingerprint density at radius 2 is 2.31 bits per heavy atom. The summed E-state index contributed by atoms with van der Waals surface area (Å²) in [6, 6.07) is 3.61. The van der Waals surface area contributed by atoms with E-state index in [1.807, 2.05) is 13.0 Å². The van der Waals surface area contributed by atoms with Crippen LogP contribution in [0.5, 0.6) is 0 Å². The fourth-order valence-corrected chi connectivity index (χ4v) is 2.05. The number of rotatable bonds is 4. The fourth-order valence-electron chi connectivity index (χ4n) is 0.976. The molecule has 1 aromatic heterocycles. The highest BCUT2D eigenvalue weighted by Gasteiger charge is 2.24. The second kappa shape index (κ2) is 4.42. The molecule has 0 fully saturated rings. The summed E-state index contributed by atoms with van der Waals surface area (Å²) in [6.45, 7) is 4.54. The molecule has 1 aromatic rings. The quantitative estimate of drug-likeness (QED) is 0.846. The molecule has 1 N–H and O–H groups in total. The molecule has 1 heterocycles. The highest BCUT2D eigenvalue weighted by molar-refractivity contribution is 7.16. The molecule has 0 aliphatic carbocycles. The predicted molar refractivity (Wildman–Crippen MR) is 55.4 cm³/mol. The fraction of sp³-hybridized carbons (Fsp3) is 0.556. The molecule has 74 valence electrons. The van der Waals surface area contributed by atoms with Gasteiger partial charge in [0, 0.05) is 11.5 Å². The van der Waals surface area contributed by atoms with E-state index >= 15 is 0 Å². The maximum atomic E-state index is 9.96. The topological polar surface area (TPSA) is 29.5 Å². The van der Waals surface area contributed by atoms with E-state index in [1.165, 1.54) is 11.3 Å². The Kier molecular flexibility index (Phi) is 3.74. The van der Waals surface area contributed by atoms with Gasteiger partial charge in [0.05, 0.1) is 10.9 Å². The van der Waals surface area contributed by atoms with Gasteiger partial charge in [0.1, 0.15) is 5.60 Å². The number of thiophene rings is 1. The number of hydrogen-bond donors (Lipinski definition) is 1. The average Bonchev–Trinajstić information content (AvgIpc) is 2.49. The first-order valence-electron chi connectivity index (χ1n) is 4.12. The summed E-state index contributed by atoms with van der Waals surface area (Å²) in [5.74, 6) is 0. The minimum absolute atomic E-state index is 0.306. The average molecular weight is 221 g/mol. The van der Waals surface area contributed by atoms with Crippen LogP contribution in [0, 0.1) is 0 Å². The van der Waals surface area contributed by atoms with Crippen molar-refractivity contribution < 1.29 is 9.84 Å². The molecule has 1 atom stereocenters. The van der Waals surface area contributed by atoms with Gasteiger partial charge in [-0.1, -0.05) is 11.6 Å². The van der Waals surface area contributed by atoms with Gasteiger partial charge in [-0.3, -0.25) is 0 Å². The standard InChI is InChI=1S/C9H13ClO2S/c1-3-12-6-9(2,11)7-4-5-8(10)13-7/h4-5,11H,3,6H2,1-2H3. The number of hydrogen-bond acceptors (Lipinski definition) is 3. The van der Waals surface area contributed by atoms with E-state index in [0.29, 0.717) is 17.6 Å². The van der Waals surface area contributed by atoms with Gasteiger partial charge in [-0.05, 0) is 26.0 Å². The Balaban J connectivity index is 2.68. The van der Waals surface area contributed by atoms with Crippen LogP contribution in [-0.4, -0.2) is 18.3 Å². The van der Waals surface area contributed by atoms with Gasteiger partial charge >= 0.3 is 0 Å². The third-order valence-corrected chi connectivity index (χ3v) is 3.18. The minimum atomic E-state index is -0.923. The third kappa shape index (κ3) is 2.95. The van der Waals surface area contributed by atoms with Gasteiger partial charge in [0.15, 0.2) is 0 Å². The summed E-state index contributed by atoms with van der Waals surface area (Å²) in [6.07, 6.45) is 0. The first-order chi connectivity index (χ1) is 6.06. The zero-order valence-corrected chi connectivity index (χ0v) is 9.28. The zero-order chi connectivity index (χ0) is 9.90. The Labute approximate surface area is 87.1 Å². The van der Waals surface area contributed by atoms with E-state index in [1.54, 1.807) is 13.0 Å². The van der Waals surface area contributed by atoms with Crippen LogP contribution in [0.1, 0.15) is 18.7 Å². The van der Waals surface area contributed by atoms with Gasteiger partial charge in [0.25, 0.3) is 0 Å². The molecule has 0 aliphatic heterocycles. The first-order valence-corrected chi connectivity index (χ1v) is 5.31. The second-order valence-corrected chi connectivity index (χ2v) is 4.73. The first kappa shape index (κ1) is 11.0. The normalized spacial score (nSPS) is 15.7. The smallest absolute Gasteiger partial charge is 0.119 e. The summed E-state index contributed by atoms with van der Waals surface area (Å²) in [5.41, 5.74) is -0.923. The molecule has 1 rings (SSSR count). The van der Waals surface area contributed by atoms with Crippen molar-refractivity contribution in [2.75, 3.05) is 13.2 Å². The summed E-state index contributed by atoms with van der Waals surface area (Å²) in [4.78, 5) is 0.839. The van der Waals surface area contributed by atoms with Crippen molar-refractivity contribution in [1.82, 2.24) is 0 Å². The van der Waals surface area contributed by atoms with E-state index in [-0.39, 0.29) is 0 Å². The van der Waals surface area contributed by atoms with Crippen LogP contribution < -0.4 is 0 Å². The molecule has 13 heavy (non-hydrogen) atoms. The molecule has 0 bridgehead atoms. The molecular formula is C9H13ClO2S. The van der Waals surface area contributed by atoms with E-state index in [2.05, 4.69) is 0 Å².